The Bertz CT molecular complexity index is 392. The van der Waals surface area contributed by atoms with Gasteiger partial charge in [0.25, 0.3) is 0 Å². The maximum absolute atomic E-state index is 12.2. The van der Waals surface area contributed by atoms with E-state index in [2.05, 4.69) is 26.7 Å². The average Bonchev–Trinajstić information content (AvgIpc) is 2.75. The fourth-order valence-electron chi connectivity index (χ4n) is 2.31. The first-order valence-corrected chi connectivity index (χ1v) is 6.44. The zero-order valence-corrected chi connectivity index (χ0v) is 11.8. The second kappa shape index (κ2) is 5.96. The molecule has 1 heterocycles. The van der Waals surface area contributed by atoms with Crippen LogP contribution in [0.5, 0.6) is 0 Å². The van der Waals surface area contributed by atoms with Crippen LogP contribution in [0.3, 0.4) is 0 Å². The molecule has 2 amide bonds. The van der Waals surface area contributed by atoms with E-state index in [-0.39, 0.29) is 24.5 Å². The monoisotopic (exact) mass is 266 g/mol. The highest BCUT2D eigenvalue weighted by atomic mass is 16.4. The molecule has 0 radical (unpaired) electrons. The predicted octanol–water partition coefficient (Wildman–Crippen LogP) is 1.49. The Kier molecular flexibility index (Phi) is 4.82. The number of amides is 2. The lowest BCUT2D eigenvalue weighted by Gasteiger charge is -2.29. The second-order valence-corrected chi connectivity index (χ2v) is 6.03. The summed E-state index contributed by atoms with van der Waals surface area (Å²) in [6.07, 6.45) is 6.13. The van der Waals surface area contributed by atoms with Crippen LogP contribution in [0.2, 0.25) is 0 Å². The van der Waals surface area contributed by atoms with Crippen LogP contribution in [0, 0.1) is 23.7 Å². The van der Waals surface area contributed by atoms with Crippen LogP contribution in [0.1, 0.15) is 27.2 Å². The number of rotatable bonds is 3. The van der Waals surface area contributed by atoms with Gasteiger partial charge in [0.05, 0.1) is 6.54 Å². The molecule has 1 N–H and O–H groups in total. The topological polar surface area (TPSA) is 60.9 Å². The summed E-state index contributed by atoms with van der Waals surface area (Å²) in [4.78, 5) is 25.9. The van der Waals surface area contributed by atoms with Gasteiger partial charge in [0, 0.05) is 13.1 Å². The lowest BCUT2D eigenvalue weighted by molar-refractivity contribution is -0.137. The molecule has 5 nitrogen and oxygen atoms in total. The molecule has 0 aromatic rings. The van der Waals surface area contributed by atoms with Gasteiger partial charge in [0.2, 0.25) is 0 Å². The van der Waals surface area contributed by atoms with Crippen LogP contribution in [-0.2, 0) is 4.79 Å². The summed E-state index contributed by atoms with van der Waals surface area (Å²) in [5, 5.41) is 8.80. The third-order valence-electron chi connectivity index (χ3n) is 3.56. The molecule has 1 fully saturated rings. The molecule has 0 aromatic carbocycles. The number of nitrogens with zero attached hydrogens (tertiary/aromatic N) is 2. The zero-order chi connectivity index (χ0) is 14.6. The molecule has 1 saturated heterocycles. The van der Waals surface area contributed by atoms with E-state index in [9.17, 15) is 9.59 Å². The highest BCUT2D eigenvalue weighted by Gasteiger charge is 2.35. The van der Waals surface area contributed by atoms with E-state index in [0.29, 0.717) is 19.0 Å². The molecule has 1 atom stereocenters. The van der Waals surface area contributed by atoms with Crippen molar-refractivity contribution in [3.8, 4) is 12.3 Å². The number of carbonyl (C=O) groups is 2. The molecule has 19 heavy (non-hydrogen) atoms. The molecule has 1 aliphatic rings. The Morgan fingerprint density at radius 2 is 2.11 bits per heavy atom. The number of carboxylic acids is 1. The fraction of sp³-hybridized carbons (Fsp3) is 0.714. The minimum absolute atomic E-state index is 0.0296. The zero-order valence-electron chi connectivity index (χ0n) is 11.8. The van der Waals surface area contributed by atoms with Crippen molar-refractivity contribution < 1.29 is 14.7 Å². The van der Waals surface area contributed by atoms with Crippen molar-refractivity contribution in [3.63, 3.8) is 0 Å². The average molecular weight is 266 g/mol. The van der Waals surface area contributed by atoms with Gasteiger partial charge in [0.1, 0.15) is 6.54 Å². The molecule has 0 saturated carbocycles. The molecule has 0 bridgehead atoms. The van der Waals surface area contributed by atoms with Crippen molar-refractivity contribution in [1.82, 2.24) is 9.80 Å². The van der Waals surface area contributed by atoms with E-state index < -0.39 is 5.97 Å². The molecule has 1 rings (SSSR count). The molecule has 0 spiro atoms. The van der Waals surface area contributed by atoms with Crippen LogP contribution in [0.4, 0.5) is 4.79 Å². The molecule has 5 heteroatoms. The Labute approximate surface area is 114 Å². The lowest BCUT2D eigenvalue weighted by Crippen LogP contribution is -2.45. The van der Waals surface area contributed by atoms with Gasteiger partial charge >= 0.3 is 12.0 Å². The van der Waals surface area contributed by atoms with E-state index in [4.69, 9.17) is 11.5 Å². The maximum atomic E-state index is 12.2. The van der Waals surface area contributed by atoms with Gasteiger partial charge in [-0.3, -0.25) is 4.79 Å². The van der Waals surface area contributed by atoms with Crippen LogP contribution < -0.4 is 0 Å². The van der Waals surface area contributed by atoms with Crippen molar-refractivity contribution in [2.75, 3.05) is 26.2 Å². The SMILES string of the molecule is C#CCN(CC(=O)O)C(=O)N1CCC(C(C)(C)C)C1. The van der Waals surface area contributed by atoms with Gasteiger partial charge in [-0.2, -0.15) is 0 Å². The molecular weight excluding hydrogens is 244 g/mol. The van der Waals surface area contributed by atoms with Crippen molar-refractivity contribution in [2.24, 2.45) is 11.3 Å². The highest BCUT2D eigenvalue weighted by Crippen LogP contribution is 2.33. The summed E-state index contributed by atoms with van der Waals surface area (Å²) in [6.45, 7) is 7.48. The minimum atomic E-state index is -1.05. The number of carboxylic acid groups (broad SMARTS) is 1. The third-order valence-corrected chi connectivity index (χ3v) is 3.56. The number of likely N-dealkylation sites (tertiary alicyclic amines) is 1. The number of carbonyl (C=O) groups excluding carboxylic acids is 1. The standard InChI is InChI=1S/C14H22N2O3/c1-5-7-15(10-12(17)18)13(19)16-8-6-11(9-16)14(2,3)4/h1,11H,6-10H2,2-4H3,(H,17,18). The van der Waals surface area contributed by atoms with Gasteiger partial charge in [-0.1, -0.05) is 26.7 Å². The van der Waals surface area contributed by atoms with Crippen LogP contribution in [0.15, 0.2) is 0 Å². The number of hydrogen-bond donors (Lipinski definition) is 1. The van der Waals surface area contributed by atoms with Crippen molar-refractivity contribution >= 4 is 12.0 Å². The summed E-state index contributed by atoms with van der Waals surface area (Å²) in [5.41, 5.74) is 0.152. The summed E-state index contributed by atoms with van der Waals surface area (Å²) in [5.74, 6) is 1.73. The maximum Gasteiger partial charge on any atom is 0.323 e. The Morgan fingerprint density at radius 3 is 2.53 bits per heavy atom. The van der Waals surface area contributed by atoms with E-state index in [1.165, 1.54) is 4.90 Å². The molecule has 0 aliphatic carbocycles. The third kappa shape index (κ3) is 4.16. The van der Waals surface area contributed by atoms with Crippen molar-refractivity contribution in [1.29, 1.82) is 0 Å². The molecule has 1 unspecified atom stereocenters. The Morgan fingerprint density at radius 1 is 1.47 bits per heavy atom. The van der Waals surface area contributed by atoms with Crippen LogP contribution in [-0.4, -0.2) is 53.1 Å². The molecule has 0 aromatic heterocycles. The molecular formula is C14H22N2O3. The van der Waals surface area contributed by atoms with Crippen LogP contribution in [0.25, 0.3) is 0 Å². The van der Waals surface area contributed by atoms with Crippen molar-refractivity contribution in [3.05, 3.63) is 0 Å². The Hall–Kier alpha value is -1.70. The summed E-state index contributed by atoms with van der Waals surface area (Å²) < 4.78 is 0. The summed E-state index contributed by atoms with van der Waals surface area (Å²) in [6, 6.07) is -0.271. The van der Waals surface area contributed by atoms with Gasteiger partial charge in [-0.15, -0.1) is 6.42 Å². The normalized spacial score (nSPS) is 19.1. The summed E-state index contributed by atoms with van der Waals surface area (Å²) in [7, 11) is 0. The molecule has 106 valence electrons. The van der Waals surface area contributed by atoms with Crippen molar-refractivity contribution in [2.45, 2.75) is 27.2 Å². The first-order valence-electron chi connectivity index (χ1n) is 6.44. The Balaban J connectivity index is 2.67. The second-order valence-electron chi connectivity index (χ2n) is 6.03. The quantitative estimate of drug-likeness (QED) is 0.787. The van der Waals surface area contributed by atoms with Gasteiger partial charge in [0.15, 0.2) is 0 Å². The smallest absolute Gasteiger partial charge is 0.323 e. The fourth-order valence-corrected chi connectivity index (χ4v) is 2.31. The largest absolute Gasteiger partial charge is 0.480 e. The van der Waals surface area contributed by atoms with E-state index >= 15 is 0 Å². The van der Waals surface area contributed by atoms with Crippen LogP contribution >= 0.6 is 0 Å². The number of aliphatic carboxylic acids is 1. The van der Waals surface area contributed by atoms with E-state index in [1.54, 1.807) is 4.90 Å². The first-order chi connectivity index (χ1) is 8.75. The lowest BCUT2D eigenvalue weighted by atomic mass is 9.80. The van der Waals surface area contributed by atoms with Gasteiger partial charge < -0.3 is 14.9 Å². The van der Waals surface area contributed by atoms with Gasteiger partial charge in [-0.05, 0) is 17.8 Å². The first kappa shape index (κ1) is 15.4. The van der Waals surface area contributed by atoms with Gasteiger partial charge in [-0.25, -0.2) is 4.79 Å². The minimum Gasteiger partial charge on any atom is -0.480 e. The highest BCUT2D eigenvalue weighted by molar-refractivity contribution is 5.80. The number of hydrogen-bond acceptors (Lipinski definition) is 2. The summed E-state index contributed by atoms with van der Waals surface area (Å²) >= 11 is 0. The predicted molar refractivity (Wildman–Crippen MR) is 72.6 cm³/mol. The molecule has 1 aliphatic heterocycles. The van der Waals surface area contributed by atoms with E-state index in [0.717, 1.165) is 6.42 Å². The van der Waals surface area contributed by atoms with E-state index in [1.807, 2.05) is 0 Å². The number of urea groups is 1. The number of terminal acetylenes is 1.